The van der Waals surface area contributed by atoms with Crippen LogP contribution in [-0.4, -0.2) is 0 Å². The average molecular weight is 1380 g/mol. The molecule has 0 spiro atoms. The largest absolute Gasteiger partial charge is 0.310 e. The molecule has 0 aromatic heterocycles. The third kappa shape index (κ3) is 10.8. The molecule has 13 aromatic carbocycles. The number of unbranched alkanes of at least 4 members (excludes halogenated alkanes) is 10. The molecule has 5 aliphatic rings. The van der Waals surface area contributed by atoms with E-state index in [1.807, 2.05) is 0 Å². The van der Waals surface area contributed by atoms with Crippen molar-refractivity contribution >= 4 is 27.8 Å². The van der Waals surface area contributed by atoms with Gasteiger partial charge >= 0.3 is 0 Å². The summed E-state index contributed by atoms with van der Waals surface area (Å²) in [7, 11) is 0. The van der Waals surface area contributed by atoms with Gasteiger partial charge in [-0.2, -0.15) is 0 Å². The lowest BCUT2D eigenvalue weighted by Crippen LogP contribution is -2.25. The van der Waals surface area contributed by atoms with Crippen LogP contribution in [0.5, 0.6) is 0 Å². The van der Waals surface area contributed by atoms with Crippen molar-refractivity contribution in [2.45, 2.75) is 186 Å². The minimum atomic E-state index is -0.200. The zero-order valence-electron chi connectivity index (χ0n) is 64.2. The SMILES string of the molecule is CCCCCCCCC1(CCCCCCCC)c2ccccc2-c2ccc(-c3ccc4c(c3)C(C)(C)c3cc(-c5ccc6c(c5)C(C)(C)c5cc(-c7ccc8c(c7)C(C)(C)c7cc(-c9ccc(N(c%10ccccc%10)c%10cc%11c(c%12ccccc%10%12)-c%10ccccc%10C%11(C)C)cc9)ccc7-8)ccc5-6)ccc3-4)cc21. The molecule has 0 saturated heterocycles. The Bertz CT molecular complexity index is 5610. The van der Waals surface area contributed by atoms with Crippen LogP contribution in [0.4, 0.5) is 17.1 Å². The lowest BCUT2D eigenvalue weighted by Gasteiger charge is -2.33. The summed E-state index contributed by atoms with van der Waals surface area (Å²) in [5.74, 6) is 0. The number of hydrogen-bond acceptors (Lipinski definition) is 1. The standard InChI is InChI=1S/C105H101N/c1-11-13-15-17-19-30-58-105(59-31-20-18-16-14-12-2)90-39-29-26-34-78(90)85-57-48-75(66-97(85)105)74-47-56-84-83-55-46-73(64-95(83)104(9,10)96(84)65-74)72-45-54-82-81-53-44-71(62-93(81)103(7,8)94(82)63-72)70-43-52-80-79-51-42-69(60-91(79)102(5,6)92(80)61-70)68-40-49-77(50-41-68)106(76-32-22-21-23-33-76)99-67-98-100(87-36-25-24-35-86(87)99)88-37-27-28-38-89(88)101(98,3)4/h21-29,32-57,60-67H,11-20,30-31,58-59H2,1-10H3. The van der Waals surface area contributed by atoms with Crippen LogP contribution in [0.2, 0.25) is 0 Å². The first-order chi connectivity index (χ1) is 51.5. The first-order valence-electron chi connectivity index (χ1n) is 40.2. The summed E-state index contributed by atoms with van der Waals surface area (Å²) in [5, 5.41) is 2.54. The fourth-order valence-corrected chi connectivity index (χ4v) is 20.5. The van der Waals surface area contributed by atoms with Gasteiger partial charge in [0.1, 0.15) is 0 Å². The fourth-order valence-electron chi connectivity index (χ4n) is 20.5. The van der Waals surface area contributed by atoms with Gasteiger partial charge in [0.25, 0.3) is 0 Å². The Morgan fingerprint density at radius 1 is 0.226 bits per heavy atom. The van der Waals surface area contributed by atoms with Gasteiger partial charge in [-0.3, -0.25) is 0 Å². The van der Waals surface area contributed by atoms with E-state index in [1.165, 1.54) is 251 Å². The van der Waals surface area contributed by atoms with Gasteiger partial charge in [-0.15, -0.1) is 0 Å². The summed E-state index contributed by atoms with van der Waals surface area (Å²) in [4.78, 5) is 2.47. The van der Waals surface area contributed by atoms with Gasteiger partial charge in [-0.1, -0.05) is 334 Å². The average Bonchev–Trinajstić information content (AvgIpc) is 1.22. The number of hydrogen-bond donors (Lipinski definition) is 0. The maximum atomic E-state index is 2.64. The van der Waals surface area contributed by atoms with E-state index in [0.29, 0.717) is 0 Å². The van der Waals surface area contributed by atoms with Crippen LogP contribution < -0.4 is 4.90 Å². The molecule has 0 atom stereocenters. The highest BCUT2D eigenvalue weighted by Gasteiger charge is 2.45. The molecule has 18 rings (SSSR count). The molecule has 526 valence electrons. The Kier molecular flexibility index (Phi) is 16.7. The Morgan fingerprint density at radius 2 is 0.538 bits per heavy atom. The Hall–Kier alpha value is -10.1. The highest BCUT2D eigenvalue weighted by Crippen LogP contribution is 2.60. The molecule has 0 aliphatic heterocycles. The van der Waals surface area contributed by atoms with E-state index in [9.17, 15) is 0 Å². The number of para-hydroxylation sites is 1. The molecule has 106 heavy (non-hydrogen) atoms. The predicted molar refractivity (Wildman–Crippen MR) is 453 cm³/mol. The first-order valence-corrected chi connectivity index (χ1v) is 40.2. The van der Waals surface area contributed by atoms with E-state index < -0.39 is 0 Å². The maximum Gasteiger partial charge on any atom is 0.0543 e. The quantitative estimate of drug-likeness (QED) is 0.0648. The summed E-state index contributed by atoms with van der Waals surface area (Å²) in [6.45, 7) is 24.1. The zero-order chi connectivity index (χ0) is 72.4. The minimum Gasteiger partial charge on any atom is -0.310 e. The van der Waals surface area contributed by atoms with Crippen LogP contribution in [-0.2, 0) is 27.1 Å². The van der Waals surface area contributed by atoms with Crippen LogP contribution in [0.3, 0.4) is 0 Å². The zero-order valence-corrected chi connectivity index (χ0v) is 64.2. The van der Waals surface area contributed by atoms with Crippen LogP contribution in [0.25, 0.3) is 111 Å². The first kappa shape index (κ1) is 67.8. The summed E-state index contributed by atoms with van der Waals surface area (Å²) < 4.78 is 0. The van der Waals surface area contributed by atoms with Gasteiger partial charge in [0, 0.05) is 43.8 Å². The van der Waals surface area contributed by atoms with Gasteiger partial charge in [-0.25, -0.2) is 0 Å². The van der Waals surface area contributed by atoms with Crippen molar-refractivity contribution in [3.8, 4) is 100 Å². The highest BCUT2D eigenvalue weighted by atomic mass is 15.1. The van der Waals surface area contributed by atoms with Crippen molar-refractivity contribution in [3.63, 3.8) is 0 Å². The molecule has 0 unspecified atom stereocenters. The lowest BCUT2D eigenvalue weighted by atomic mass is 9.70. The molecule has 0 radical (unpaired) electrons. The third-order valence-electron chi connectivity index (χ3n) is 26.5. The molecule has 5 aliphatic carbocycles. The van der Waals surface area contributed by atoms with Crippen LogP contribution in [0.1, 0.15) is 215 Å². The van der Waals surface area contributed by atoms with E-state index in [0.717, 1.165) is 11.4 Å². The number of fused-ring (bicyclic) bond motifs is 17. The second-order valence-corrected chi connectivity index (χ2v) is 34.1. The smallest absolute Gasteiger partial charge is 0.0543 e. The third-order valence-corrected chi connectivity index (χ3v) is 26.5. The predicted octanol–water partition coefficient (Wildman–Crippen LogP) is 30.0. The number of rotatable bonds is 21. The number of benzene rings is 13. The topological polar surface area (TPSA) is 3.24 Å². The molecule has 0 amide bonds. The van der Waals surface area contributed by atoms with Crippen molar-refractivity contribution in [2.24, 2.45) is 0 Å². The lowest BCUT2D eigenvalue weighted by molar-refractivity contribution is 0.398. The molecular weight excluding hydrogens is 1280 g/mol. The second kappa shape index (κ2) is 26.2. The molecule has 1 nitrogen and oxygen atoms in total. The summed E-state index contributed by atoms with van der Waals surface area (Å²) >= 11 is 0. The van der Waals surface area contributed by atoms with Gasteiger partial charge in [0.15, 0.2) is 0 Å². The van der Waals surface area contributed by atoms with Gasteiger partial charge in [-0.05, 0) is 247 Å². The van der Waals surface area contributed by atoms with Crippen molar-refractivity contribution in [2.75, 3.05) is 4.90 Å². The molecule has 0 bridgehead atoms. The monoisotopic (exact) mass is 1380 g/mol. The van der Waals surface area contributed by atoms with Gasteiger partial charge in [0.2, 0.25) is 0 Å². The Morgan fingerprint density at radius 3 is 0.981 bits per heavy atom. The molecule has 0 N–H and O–H groups in total. The maximum absolute atomic E-state index is 2.64. The summed E-state index contributed by atoms with van der Waals surface area (Å²) in [6.07, 6.45) is 18.4. The van der Waals surface area contributed by atoms with E-state index in [-0.39, 0.29) is 27.1 Å². The van der Waals surface area contributed by atoms with Gasteiger partial charge < -0.3 is 4.90 Å². The molecule has 0 heterocycles. The van der Waals surface area contributed by atoms with Gasteiger partial charge in [0.05, 0.1) is 5.69 Å². The van der Waals surface area contributed by atoms with Crippen molar-refractivity contribution in [3.05, 3.63) is 316 Å². The van der Waals surface area contributed by atoms with E-state index in [4.69, 9.17) is 0 Å². The van der Waals surface area contributed by atoms with E-state index in [2.05, 4.69) is 335 Å². The normalized spacial score (nSPS) is 15.4. The Balaban J connectivity index is 0.597. The molecule has 0 fully saturated rings. The minimum absolute atomic E-state index is 0.0573. The molecular formula is C105H101N. The van der Waals surface area contributed by atoms with Crippen molar-refractivity contribution < 1.29 is 0 Å². The van der Waals surface area contributed by atoms with Crippen molar-refractivity contribution in [1.29, 1.82) is 0 Å². The summed E-state index contributed by atoms with van der Waals surface area (Å²) in [6, 6.07) is 102. The van der Waals surface area contributed by atoms with E-state index >= 15 is 0 Å². The highest BCUT2D eigenvalue weighted by molar-refractivity contribution is 6.10. The van der Waals surface area contributed by atoms with Crippen molar-refractivity contribution in [1.82, 2.24) is 0 Å². The van der Waals surface area contributed by atoms with Crippen LogP contribution >= 0.6 is 0 Å². The summed E-state index contributed by atoms with van der Waals surface area (Å²) in [5.41, 5.74) is 41.1. The molecule has 1 heteroatoms. The van der Waals surface area contributed by atoms with Crippen LogP contribution in [0, 0.1) is 0 Å². The fraction of sp³-hybridized carbons (Fsp3) is 0.276. The van der Waals surface area contributed by atoms with E-state index in [1.54, 1.807) is 11.1 Å². The molecule has 0 saturated carbocycles. The van der Waals surface area contributed by atoms with Crippen LogP contribution in [0.15, 0.2) is 261 Å². The number of nitrogens with zero attached hydrogens (tertiary/aromatic N) is 1. The second-order valence-electron chi connectivity index (χ2n) is 34.1. The molecule has 13 aromatic rings. The Labute approximate surface area is 631 Å². The number of anilines is 3.